The first-order chi connectivity index (χ1) is 11.7. The fraction of sp³-hybridized carbons (Fsp3) is 0.611. The number of thioether (sulfide) groups is 1. The molecule has 2 fully saturated rings. The van der Waals surface area contributed by atoms with E-state index in [-0.39, 0.29) is 24.3 Å². The highest BCUT2D eigenvalue weighted by Gasteiger charge is 2.51. The van der Waals surface area contributed by atoms with Gasteiger partial charge in [0.25, 0.3) is 0 Å². The minimum atomic E-state index is -0.363. The predicted octanol–water partition coefficient (Wildman–Crippen LogP) is 3.20. The summed E-state index contributed by atoms with van der Waals surface area (Å²) in [7, 11) is 1.41. The molecule has 0 bridgehead atoms. The number of carbonyl (C=O) groups is 1. The van der Waals surface area contributed by atoms with Gasteiger partial charge in [-0.25, -0.2) is 4.79 Å². The summed E-state index contributed by atoms with van der Waals surface area (Å²) < 4.78 is 4.79. The summed E-state index contributed by atoms with van der Waals surface area (Å²) >= 11 is 1.91. The molecule has 2 aliphatic rings. The second-order valence-electron chi connectivity index (χ2n) is 6.38. The Morgan fingerprint density at radius 3 is 2.92 bits per heavy atom. The summed E-state index contributed by atoms with van der Waals surface area (Å²) in [6.07, 6.45) is 3.28. The van der Waals surface area contributed by atoms with E-state index in [0.29, 0.717) is 5.25 Å². The average Bonchev–Trinajstić information content (AvgIpc) is 3.16. The quantitative estimate of drug-likeness (QED) is 0.854. The standard InChI is InChI=1S/C18H26N2O3S/c1-3-4-10-15-17-16(14(12-24-17)19-18(21)22-2)20(23-15)11-13-8-6-5-7-9-13/h5-9,14-17H,3-4,10-12H2,1-2H3,(H,19,21)/t14-,15+,16-,17-/m0/s1. The average molecular weight is 350 g/mol. The molecule has 1 aromatic rings. The van der Waals surface area contributed by atoms with Gasteiger partial charge < -0.3 is 10.1 Å². The fourth-order valence-corrected chi connectivity index (χ4v) is 5.14. The molecule has 2 aliphatic heterocycles. The van der Waals surface area contributed by atoms with E-state index >= 15 is 0 Å². The topological polar surface area (TPSA) is 50.8 Å². The number of unbranched alkanes of at least 4 members (excludes halogenated alkanes) is 1. The Morgan fingerprint density at radius 1 is 1.42 bits per heavy atom. The molecular weight excluding hydrogens is 324 g/mol. The van der Waals surface area contributed by atoms with Crippen molar-refractivity contribution in [2.24, 2.45) is 0 Å². The molecule has 5 nitrogen and oxygen atoms in total. The van der Waals surface area contributed by atoms with Crippen molar-refractivity contribution in [3.63, 3.8) is 0 Å². The number of hydroxylamine groups is 2. The van der Waals surface area contributed by atoms with Crippen LogP contribution in [0.1, 0.15) is 31.7 Å². The SMILES string of the molecule is CCCC[C@H]1ON(Cc2ccccc2)[C@@H]2[C@H]1SC[C@@H]2NC(=O)OC. The number of ether oxygens (including phenoxy) is 1. The number of benzene rings is 1. The minimum Gasteiger partial charge on any atom is -0.453 e. The Labute approximate surface area is 148 Å². The van der Waals surface area contributed by atoms with Crippen LogP contribution < -0.4 is 5.32 Å². The van der Waals surface area contributed by atoms with E-state index in [9.17, 15) is 4.79 Å². The van der Waals surface area contributed by atoms with Crippen LogP contribution in [0.25, 0.3) is 0 Å². The van der Waals surface area contributed by atoms with E-state index in [0.717, 1.165) is 18.7 Å². The van der Waals surface area contributed by atoms with Crippen molar-refractivity contribution < 1.29 is 14.4 Å². The lowest BCUT2D eigenvalue weighted by atomic mass is 10.00. The van der Waals surface area contributed by atoms with Crippen LogP contribution in [-0.4, -0.2) is 47.5 Å². The Morgan fingerprint density at radius 2 is 2.21 bits per heavy atom. The van der Waals surface area contributed by atoms with E-state index in [1.165, 1.54) is 25.5 Å². The number of hydrogen-bond donors (Lipinski definition) is 1. The maximum atomic E-state index is 11.7. The minimum absolute atomic E-state index is 0.0581. The Balaban J connectivity index is 1.73. The van der Waals surface area contributed by atoms with Crippen LogP contribution in [0.5, 0.6) is 0 Å². The molecule has 0 saturated carbocycles. The molecular formula is C18H26N2O3S. The van der Waals surface area contributed by atoms with Gasteiger partial charge in [-0.05, 0) is 12.0 Å². The van der Waals surface area contributed by atoms with Crippen LogP contribution in [-0.2, 0) is 16.1 Å². The number of rotatable bonds is 6. The molecule has 1 amide bonds. The van der Waals surface area contributed by atoms with Crippen molar-refractivity contribution in [2.45, 2.75) is 56.2 Å². The van der Waals surface area contributed by atoms with Crippen molar-refractivity contribution in [2.75, 3.05) is 12.9 Å². The third kappa shape index (κ3) is 3.87. The number of hydrogen-bond acceptors (Lipinski definition) is 5. The molecule has 1 N–H and O–H groups in total. The highest BCUT2D eigenvalue weighted by Crippen LogP contribution is 2.42. The highest BCUT2D eigenvalue weighted by molar-refractivity contribution is 8.00. The third-order valence-electron chi connectivity index (χ3n) is 4.70. The maximum absolute atomic E-state index is 11.7. The molecule has 3 rings (SSSR count). The zero-order valence-electron chi connectivity index (χ0n) is 14.3. The van der Waals surface area contributed by atoms with E-state index in [2.05, 4.69) is 29.4 Å². The van der Waals surface area contributed by atoms with Crippen LogP contribution in [0, 0.1) is 0 Å². The van der Waals surface area contributed by atoms with Gasteiger partial charge in [0.2, 0.25) is 0 Å². The van der Waals surface area contributed by atoms with E-state index in [1.54, 1.807) is 0 Å². The Kier molecular flexibility index (Phi) is 6.03. The van der Waals surface area contributed by atoms with Crippen molar-refractivity contribution in [3.05, 3.63) is 35.9 Å². The van der Waals surface area contributed by atoms with Gasteiger partial charge in [-0.2, -0.15) is 16.8 Å². The van der Waals surface area contributed by atoms with Gasteiger partial charge in [0.1, 0.15) is 0 Å². The summed E-state index contributed by atoms with van der Waals surface area (Å²) in [5.74, 6) is 0.904. The molecule has 0 aliphatic carbocycles. The maximum Gasteiger partial charge on any atom is 0.407 e. The first-order valence-corrected chi connectivity index (χ1v) is 9.71. The summed E-state index contributed by atoms with van der Waals surface area (Å²) in [6, 6.07) is 10.6. The number of nitrogens with zero attached hydrogens (tertiary/aromatic N) is 1. The summed E-state index contributed by atoms with van der Waals surface area (Å²) in [6.45, 7) is 2.95. The van der Waals surface area contributed by atoms with E-state index < -0.39 is 0 Å². The number of carbonyl (C=O) groups excluding carboxylic acids is 1. The van der Waals surface area contributed by atoms with Crippen LogP contribution >= 0.6 is 11.8 Å². The highest BCUT2D eigenvalue weighted by atomic mass is 32.2. The molecule has 6 heteroatoms. The molecule has 4 atom stereocenters. The van der Waals surface area contributed by atoms with Crippen LogP contribution in [0.3, 0.4) is 0 Å². The summed E-state index contributed by atoms with van der Waals surface area (Å²) in [5, 5.41) is 5.48. The smallest absolute Gasteiger partial charge is 0.407 e. The van der Waals surface area contributed by atoms with Crippen molar-refractivity contribution in [1.82, 2.24) is 10.4 Å². The molecule has 2 saturated heterocycles. The lowest BCUT2D eigenvalue weighted by Gasteiger charge is -2.27. The number of fused-ring (bicyclic) bond motifs is 1. The Bertz CT molecular complexity index is 542. The van der Waals surface area contributed by atoms with E-state index in [1.807, 2.05) is 30.0 Å². The number of methoxy groups -OCH3 is 1. The number of alkyl carbamates (subject to hydrolysis) is 1. The molecule has 24 heavy (non-hydrogen) atoms. The zero-order chi connectivity index (χ0) is 16.9. The van der Waals surface area contributed by atoms with Crippen molar-refractivity contribution >= 4 is 17.9 Å². The van der Waals surface area contributed by atoms with E-state index in [4.69, 9.17) is 9.57 Å². The number of amides is 1. The predicted molar refractivity (Wildman–Crippen MR) is 95.7 cm³/mol. The molecule has 0 aromatic heterocycles. The summed E-state index contributed by atoms with van der Waals surface area (Å²) in [5.41, 5.74) is 1.22. The first kappa shape index (κ1) is 17.6. The molecule has 1 aromatic carbocycles. The summed E-state index contributed by atoms with van der Waals surface area (Å²) in [4.78, 5) is 18.0. The van der Waals surface area contributed by atoms with Crippen molar-refractivity contribution in [3.8, 4) is 0 Å². The normalized spacial score (nSPS) is 29.4. The van der Waals surface area contributed by atoms with Gasteiger partial charge in [-0.3, -0.25) is 4.84 Å². The van der Waals surface area contributed by atoms with Gasteiger partial charge in [0.05, 0.1) is 30.5 Å². The lowest BCUT2D eigenvalue weighted by Crippen LogP contribution is -2.49. The van der Waals surface area contributed by atoms with Gasteiger partial charge >= 0.3 is 6.09 Å². The lowest BCUT2D eigenvalue weighted by molar-refractivity contribution is -0.173. The molecule has 132 valence electrons. The molecule has 0 spiro atoms. The zero-order valence-corrected chi connectivity index (χ0v) is 15.1. The molecule has 0 radical (unpaired) electrons. The van der Waals surface area contributed by atoms with Gasteiger partial charge in [-0.1, -0.05) is 50.1 Å². The number of nitrogens with one attached hydrogen (secondary N) is 1. The first-order valence-electron chi connectivity index (χ1n) is 8.66. The van der Waals surface area contributed by atoms with Gasteiger partial charge in [0.15, 0.2) is 0 Å². The van der Waals surface area contributed by atoms with Crippen LogP contribution in [0.15, 0.2) is 30.3 Å². The van der Waals surface area contributed by atoms with Crippen molar-refractivity contribution in [1.29, 1.82) is 0 Å². The second-order valence-corrected chi connectivity index (χ2v) is 7.59. The largest absolute Gasteiger partial charge is 0.453 e. The van der Waals surface area contributed by atoms with Gasteiger partial charge in [-0.15, -0.1) is 0 Å². The van der Waals surface area contributed by atoms with Crippen LogP contribution in [0.4, 0.5) is 4.79 Å². The van der Waals surface area contributed by atoms with Crippen LogP contribution in [0.2, 0.25) is 0 Å². The van der Waals surface area contributed by atoms with Gasteiger partial charge in [0, 0.05) is 12.3 Å². The molecule has 0 unspecified atom stereocenters. The monoisotopic (exact) mass is 350 g/mol. The molecule has 2 heterocycles. The Hall–Kier alpha value is -1.24. The fourth-order valence-electron chi connectivity index (χ4n) is 3.50. The second kappa shape index (κ2) is 8.23. The third-order valence-corrected chi connectivity index (χ3v) is 6.22.